The number of nitrogens with one attached hydrogen (secondary N) is 1. The van der Waals surface area contributed by atoms with E-state index in [1.165, 1.54) is 24.7 Å². The van der Waals surface area contributed by atoms with Crippen LogP contribution in [-0.4, -0.2) is 85.0 Å². The number of carbonyl (C=O) groups excluding carboxylic acids is 3. The van der Waals surface area contributed by atoms with Crippen molar-refractivity contribution < 1.29 is 39.2 Å². The van der Waals surface area contributed by atoms with E-state index in [0.29, 0.717) is 5.69 Å². The van der Waals surface area contributed by atoms with Gasteiger partial charge in [0.25, 0.3) is 0 Å². The minimum absolute atomic E-state index is 0.0424. The first-order chi connectivity index (χ1) is 14.6. The molecule has 1 aromatic rings. The number of amides is 1. The zero-order chi connectivity index (χ0) is 23.3. The van der Waals surface area contributed by atoms with E-state index in [1.807, 2.05) is 0 Å². The highest BCUT2D eigenvalue weighted by atomic mass is 16.5. The molecule has 174 valence electrons. The summed E-state index contributed by atoms with van der Waals surface area (Å²) in [6.45, 7) is 5.21. The number of nitrogens with zero attached hydrogens (tertiary/aromatic N) is 3. The van der Waals surface area contributed by atoms with Crippen LogP contribution >= 0.6 is 0 Å². The van der Waals surface area contributed by atoms with Crippen LogP contribution in [0, 0.1) is 5.92 Å². The van der Waals surface area contributed by atoms with Crippen molar-refractivity contribution in [3.8, 4) is 0 Å². The van der Waals surface area contributed by atoms with Gasteiger partial charge in [-0.3, -0.25) is 9.59 Å². The highest BCUT2D eigenvalue weighted by molar-refractivity contribution is 6.09. The van der Waals surface area contributed by atoms with Gasteiger partial charge >= 0.3 is 5.97 Å². The van der Waals surface area contributed by atoms with Crippen LogP contribution in [0.1, 0.15) is 46.0 Å². The predicted molar refractivity (Wildman–Crippen MR) is 104 cm³/mol. The van der Waals surface area contributed by atoms with Crippen molar-refractivity contribution in [2.45, 2.75) is 70.6 Å². The average Bonchev–Trinajstić information content (AvgIpc) is 3.18. The maximum absolute atomic E-state index is 12.5. The van der Waals surface area contributed by atoms with Crippen molar-refractivity contribution in [1.82, 2.24) is 20.3 Å². The Hall–Kier alpha value is -2.41. The van der Waals surface area contributed by atoms with Crippen LogP contribution < -0.4 is 5.32 Å². The van der Waals surface area contributed by atoms with E-state index < -0.39 is 60.3 Å². The quantitative estimate of drug-likeness (QED) is 0.260. The molecule has 3 unspecified atom stereocenters. The second kappa shape index (κ2) is 10.3. The molecule has 1 aliphatic rings. The number of ether oxygens (including phenoxy) is 2. The van der Waals surface area contributed by atoms with Gasteiger partial charge in [-0.1, -0.05) is 12.1 Å². The predicted octanol–water partition coefficient (Wildman–Crippen LogP) is -1.51. The maximum Gasteiger partial charge on any atom is 0.339 e. The highest BCUT2D eigenvalue weighted by Gasteiger charge is 2.46. The summed E-state index contributed by atoms with van der Waals surface area (Å²) in [7, 11) is 0. The van der Waals surface area contributed by atoms with E-state index in [9.17, 15) is 29.7 Å². The number of ketones is 1. The van der Waals surface area contributed by atoms with Crippen LogP contribution in [0.4, 0.5) is 0 Å². The molecule has 4 N–H and O–H groups in total. The normalized spacial score (nSPS) is 27.9. The summed E-state index contributed by atoms with van der Waals surface area (Å²) in [6.07, 6.45) is -2.64. The molecular formula is C19H30N4O8. The fourth-order valence-corrected chi connectivity index (χ4v) is 3.58. The van der Waals surface area contributed by atoms with Crippen LogP contribution in [0.3, 0.4) is 0 Å². The molecule has 0 bridgehead atoms. The van der Waals surface area contributed by atoms with Gasteiger partial charge in [0.1, 0.15) is 12.2 Å². The molecule has 0 radical (unpaired) electrons. The lowest BCUT2D eigenvalue weighted by Crippen LogP contribution is -2.60. The van der Waals surface area contributed by atoms with Gasteiger partial charge in [0, 0.05) is 12.8 Å². The van der Waals surface area contributed by atoms with Gasteiger partial charge in [-0.25, -0.2) is 9.48 Å². The number of hydrogen-bond donors (Lipinski definition) is 4. The first-order valence-corrected chi connectivity index (χ1v) is 10.1. The van der Waals surface area contributed by atoms with Gasteiger partial charge in [-0.2, -0.15) is 0 Å². The Morgan fingerprint density at radius 3 is 2.52 bits per heavy atom. The Bertz CT molecular complexity index is 798. The number of aliphatic hydroxyl groups excluding tert-OH is 3. The number of carbonyl (C=O) groups is 3. The number of aliphatic hydroxyl groups is 3. The number of aryl methyl sites for hydroxylation is 1. The van der Waals surface area contributed by atoms with E-state index in [-0.39, 0.29) is 19.4 Å². The van der Waals surface area contributed by atoms with Gasteiger partial charge in [-0.05, 0) is 26.7 Å². The molecule has 2 heterocycles. The molecule has 6 atom stereocenters. The molecule has 0 spiro atoms. The van der Waals surface area contributed by atoms with E-state index >= 15 is 0 Å². The maximum atomic E-state index is 12.5. The Morgan fingerprint density at radius 2 is 1.97 bits per heavy atom. The Balaban J connectivity index is 2.21. The lowest BCUT2D eigenvalue weighted by molar-refractivity contribution is -0.231. The summed E-state index contributed by atoms with van der Waals surface area (Å²) in [5.41, 5.74) is -1.44. The third kappa shape index (κ3) is 5.26. The summed E-state index contributed by atoms with van der Waals surface area (Å²) >= 11 is 0. The molecular weight excluding hydrogens is 412 g/mol. The molecule has 1 amide bonds. The van der Waals surface area contributed by atoms with Gasteiger partial charge in [-0.15, -0.1) is 5.10 Å². The summed E-state index contributed by atoms with van der Waals surface area (Å²) in [4.78, 5) is 36.5. The van der Waals surface area contributed by atoms with Crippen LogP contribution in [0.5, 0.6) is 0 Å². The minimum Gasteiger partial charge on any atom is -0.464 e. The van der Waals surface area contributed by atoms with Gasteiger partial charge in [0.2, 0.25) is 5.91 Å². The molecule has 1 aromatic heterocycles. The van der Waals surface area contributed by atoms with Crippen LogP contribution in [0.2, 0.25) is 0 Å². The molecule has 2 rings (SSSR count). The number of rotatable bonds is 9. The lowest BCUT2D eigenvalue weighted by atomic mass is 9.88. The Morgan fingerprint density at radius 1 is 1.29 bits per heavy atom. The topological polar surface area (TPSA) is 173 Å². The third-order valence-electron chi connectivity index (χ3n) is 5.40. The molecule has 1 saturated heterocycles. The van der Waals surface area contributed by atoms with Crippen molar-refractivity contribution >= 4 is 17.7 Å². The molecule has 1 aliphatic heterocycles. The molecule has 1 fully saturated rings. The zero-order valence-electron chi connectivity index (χ0n) is 18.0. The van der Waals surface area contributed by atoms with Crippen molar-refractivity contribution in [3.63, 3.8) is 0 Å². The van der Waals surface area contributed by atoms with Gasteiger partial charge in [0.15, 0.2) is 17.6 Å². The fourth-order valence-electron chi connectivity index (χ4n) is 3.58. The van der Waals surface area contributed by atoms with E-state index in [1.54, 1.807) is 13.8 Å². The summed E-state index contributed by atoms with van der Waals surface area (Å²) in [6, 6.07) is 0. The number of Topliss-reactive ketones (excluding diaryl/α,β-unsaturated/α-hetero) is 1. The smallest absolute Gasteiger partial charge is 0.339 e. The second-order valence-corrected chi connectivity index (χ2v) is 7.64. The first-order valence-electron chi connectivity index (χ1n) is 10.1. The van der Waals surface area contributed by atoms with E-state index in [4.69, 9.17) is 9.47 Å². The van der Waals surface area contributed by atoms with Crippen LogP contribution in [0.25, 0.3) is 0 Å². The second-order valence-electron chi connectivity index (χ2n) is 7.64. The summed E-state index contributed by atoms with van der Waals surface area (Å²) < 4.78 is 12.0. The Kier molecular flexibility index (Phi) is 8.23. The largest absolute Gasteiger partial charge is 0.464 e. The lowest BCUT2D eigenvalue weighted by Gasteiger charge is -2.40. The number of esters is 1. The van der Waals surface area contributed by atoms with Crippen molar-refractivity contribution in [2.75, 3.05) is 13.2 Å². The number of aromatic nitrogens is 3. The third-order valence-corrected chi connectivity index (χ3v) is 5.40. The van der Waals surface area contributed by atoms with Crippen LogP contribution in [0.15, 0.2) is 6.20 Å². The standard InChI is InChI=1S/C19H30N4O8/c1-5-30-18(29)19(11(3)25,20-12(4)26)7-6-13-8-23(22-21-13)17-10(2)15(27)16(28)14(9-24)31-17/h8,10,14-17,24,27-28H,5-7,9H2,1-4H3,(H,20,26)/t10?,14?,15-,16+,17-,19?/m1/s1. The first kappa shape index (κ1) is 24.9. The van der Waals surface area contributed by atoms with E-state index in [0.717, 1.165) is 0 Å². The minimum atomic E-state index is -1.84. The summed E-state index contributed by atoms with van der Waals surface area (Å²) in [5.74, 6) is -2.53. The zero-order valence-corrected chi connectivity index (χ0v) is 18.0. The molecule has 0 aliphatic carbocycles. The fraction of sp³-hybridized carbons (Fsp3) is 0.737. The van der Waals surface area contributed by atoms with Crippen molar-refractivity contribution in [2.24, 2.45) is 5.92 Å². The molecule has 0 saturated carbocycles. The van der Waals surface area contributed by atoms with Gasteiger partial charge in [0.05, 0.1) is 31.2 Å². The molecule has 31 heavy (non-hydrogen) atoms. The monoisotopic (exact) mass is 442 g/mol. The van der Waals surface area contributed by atoms with Crippen LogP contribution in [-0.2, 0) is 30.3 Å². The van der Waals surface area contributed by atoms with E-state index in [2.05, 4.69) is 15.6 Å². The average molecular weight is 442 g/mol. The molecule has 12 heteroatoms. The molecule has 0 aromatic carbocycles. The number of hydrogen-bond acceptors (Lipinski definition) is 10. The van der Waals surface area contributed by atoms with Gasteiger partial charge < -0.3 is 30.1 Å². The van der Waals surface area contributed by atoms with Crippen molar-refractivity contribution in [1.29, 1.82) is 0 Å². The SMILES string of the molecule is CCOC(=O)C(CCc1cn([C@@H]2OC(CO)[C@H](O)[C@H](O)C2C)nn1)(NC(C)=O)C(C)=O. The summed E-state index contributed by atoms with van der Waals surface area (Å²) in [5, 5.41) is 40.0. The molecule has 12 nitrogen and oxygen atoms in total. The van der Waals surface area contributed by atoms with Crippen molar-refractivity contribution in [3.05, 3.63) is 11.9 Å². The Labute approximate surface area is 179 Å². The highest BCUT2D eigenvalue weighted by Crippen LogP contribution is 2.32.